The highest BCUT2D eigenvalue weighted by molar-refractivity contribution is 5.70. The standard InChI is InChI=1S/C32H38N2O4/c1-20(32(36)37)15-23-7-8-24-10-12-29(38-30(24)16-23)26-9-11-28(25-13-14-33-31(35)18-25)27(17-26)19-34-21(2)5-4-6-22(34)3/h7-9,11,13-14,16-18,20-22,29H,4-6,10,12,15,19H2,1-3H3,(H,33,35)(H,36,37)/t20-,21-,22+,29?/m0/s1. The Labute approximate surface area is 224 Å². The Hall–Kier alpha value is -3.38. The number of benzene rings is 2. The number of aryl methyl sites for hydroxylation is 1. The fourth-order valence-corrected chi connectivity index (χ4v) is 6.04. The number of rotatable bonds is 7. The maximum absolute atomic E-state index is 12.1. The number of aliphatic carboxylic acids is 1. The summed E-state index contributed by atoms with van der Waals surface area (Å²) in [5.74, 6) is -0.367. The lowest BCUT2D eigenvalue weighted by molar-refractivity contribution is -0.141. The molecule has 0 saturated carbocycles. The second-order valence-corrected chi connectivity index (χ2v) is 11.2. The van der Waals surface area contributed by atoms with E-state index in [2.05, 4.69) is 48.0 Å². The van der Waals surface area contributed by atoms with Gasteiger partial charge in [-0.25, -0.2) is 0 Å². The van der Waals surface area contributed by atoms with Crippen LogP contribution in [0, 0.1) is 5.92 Å². The molecule has 2 aliphatic rings. The first-order chi connectivity index (χ1) is 18.3. The minimum absolute atomic E-state index is 0.0715. The minimum atomic E-state index is -0.785. The number of carboxylic acid groups (broad SMARTS) is 1. The molecule has 6 heteroatoms. The summed E-state index contributed by atoms with van der Waals surface area (Å²) in [4.78, 5) is 28.8. The third-order valence-electron chi connectivity index (χ3n) is 8.36. The lowest BCUT2D eigenvalue weighted by Gasteiger charge is -2.39. The molecule has 3 aromatic rings. The van der Waals surface area contributed by atoms with E-state index in [9.17, 15) is 14.7 Å². The first-order valence-corrected chi connectivity index (χ1v) is 13.9. The van der Waals surface area contributed by atoms with Gasteiger partial charge in [0.05, 0.1) is 5.92 Å². The number of piperidine rings is 1. The molecule has 4 atom stereocenters. The van der Waals surface area contributed by atoms with Gasteiger partial charge in [0.2, 0.25) is 5.56 Å². The number of likely N-dealkylation sites (tertiary alicyclic amines) is 1. The SMILES string of the molecule is C[C@@H]1CCC[C@H](C)N1Cc1cc(C2CCc3ccc(C[C@H](C)C(=O)O)cc3O2)ccc1-c1cc[nH]c(=O)c1. The van der Waals surface area contributed by atoms with Gasteiger partial charge in [-0.3, -0.25) is 14.5 Å². The van der Waals surface area contributed by atoms with Gasteiger partial charge in [0.25, 0.3) is 0 Å². The summed E-state index contributed by atoms with van der Waals surface area (Å²) in [6, 6.07) is 17.3. The molecule has 6 nitrogen and oxygen atoms in total. The van der Waals surface area contributed by atoms with E-state index in [1.54, 1.807) is 19.2 Å². The Balaban J connectivity index is 1.45. The van der Waals surface area contributed by atoms with E-state index in [0.717, 1.165) is 47.4 Å². The van der Waals surface area contributed by atoms with Crippen LogP contribution in [0.1, 0.15) is 74.8 Å². The highest BCUT2D eigenvalue weighted by Crippen LogP contribution is 2.38. The van der Waals surface area contributed by atoms with Crippen molar-refractivity contribution in [1.82, 2.24) is 9.88 Å². The Kier molecular flexibility index (Phi) is 7.70. The molecule has 2 aliphatic heterocycles. The number of carboxylic acids is 1. The summed E-state index contributed by atoms with van der Waals surface area (Å²) in [6.07, 6.45) is 7.60. The highest BCUT2D eigenvalue weighted by Gasteiger charge is 2.27. The molecule has 1 saturated heterocycles. The first-order valence-electron chi connectivity index (χ1n) is 13.9. The van der Waals surface area contributed by atoms with Crippen molar-refractivity contribution in [1.29, 1.82) is 0 Å². The first kappa shape index (κ1) is 26.2. The van der Waals surface area contributed by atoms with Gasteiger partial charge in [-0.2, -0.15) is 0 Å². The van der Waals surface area contributed by atoms with E-state index >= 15 is 0 Å². The van der Waals surface area contributed by atoms with Crippen molar-refractivity contribution in [3.05, 3.63) is 87.3 Å². The van der Waals surface area contributed by atoms with Gasteiger partial charge in [0.1, 0.15) is 11.9 Å². The van der Waals surface area contributed by atoms with E-state index in [0.29, 0.717) is 18.5 Å². The second-order valence-electron chi connectivity index (χ2n) is 11.2. The molecule has 2 aromatic carbocycles. The summed E-state index contributed by atoms with van der Waals surface area (Å²) >= 11 is 0. The Morgan fingerprint density at radius 3 is 2.61 bits per heavy atom. The fraction of sp³-hybridized carbons (Fsp3) is 0.438. The van der Waals surface area contributed by atoms with Gasteiger partial charge < -0.3 is 14.8 Å². The summed E-state index contributed by atoms with van der Waals surface area (Å²) < 4.78 is 6.54. The van der Waals surface area contributed by atoms with Gasteiger partial charge in [0.15, 0.2) is 0 Å². The van der Waals surface area contributed by atoms with Gasteiger partial charge in [-0.05, 0) is 91.5 Å². The number of fused-ring (bicyclic) bond motifs is 1. The van der Waals surface area contributed by atoms with Crippen LogP contribution in [-0.2, 0) is 24.2 Å². The van der Waals surface area contributed by atoms with Gasteiger partial charge in [-0.1, -0.05) is 43.7 Å². The van der Waals surface area contributed by atoms with Crippen LogP contribution in [0.3, 0.4) is 0 Å². The second kappa shape index (κ2) is 11.2. The van der Waals surface area contributed by atoms with Crippen LogP contribution in [-0.4, -0.2) is 33.0 Å². The molecule has 200 valence electrons. The molecule has 5 rings (SSSR count). The van der Waals surface area contributed by atoms with Crippen LogP contribution >= 0.6 is 0 Å². The van der Waals surface area contributed by atoms with E-state index in [1.807, 2.05) is 18.2 Å². The minimum Gasteiger partial charge on any atom is -0.485 e. The van der Waals surface area contributed by atoms with Crippen molar-refractivity contribution in [2.45, 2.75) is 84.0 Å². The predicted octanol–water partition coefficient (Wildman–Crippen LogP) is 6.13. The quantitative estimate of drug-likeness (QED) is 0.396. The fourth-order valence-electron chi connectivity index (χ4n) is 6.04. The van der Waals surface area contributed by atoms with Crippen molar-refractivity contribution in [2.75, 3.05) is 0 Å². The number of hydrogen-bond acceptors (Lipinski definition) is 4. The van der Waals surface area contributed by atoms with E-state index in [1.165, 1.54) is 30.4 Å². The molecule has 38 heavy (non-hydrogen) atoms. The van der Waals surface area contributed by atoms with Crippen LogP contribution in [0.4, 0.5) is 0 Å². The average Bonchev–Trinajstić information content (AvgIpc) is 2.90. The van der Waals surface area contributed by atoms with E-state index < -0.39 is 11.9 Å². The molecular weight excluding hydrogens is 476 g/mol. The summed E-state index contributed by atoms with van der Waals surface area (Å²) in [5, 5.41) is 9.31. The molecule has 2 N–H and O–H groups in total. The van der Waals surface area contributed by atoms with Gasteiger partial charge in [-0.15, -0.1) is 0 Å². The average molecular weight is 515 g/mol. The Morgan fingerprint density at radius 1 is 1.08 bits per heavy atom. The number of ether oxygens (including phenoxy) is 1. The number of nitrogens with zero attached hydrogens (tertiary/aromatic N) is 1. The topological polar surface area (TPSA) is 82.6 Å². The summed E-state index contributed by atoms with van der Waals surface area (Å²) in [6.45, 7) is 7.20. The zero-order valence-electron chi connectivity index (χ0n) is 22.6. The zero-order valence-corrected chi connectivity index (χ0v) is 22.6. The van der Waals surface area contributed by atoms with Gasteiger partial charge >= 0.3 is 5.97 Å². The lowest BCUT2D eigenvalue weighted by atomic mass is 9.90. The van der Waals surface area contributed by atoms with E-state index in [-0.39, 0.29) is 11.7 Å². The molecule has 0 aliphatic carbocycles. The monoisotopic (exact) mass is 514 g/mol. The third kappa shape index (κ3) is 5.70. The molecule has 0 bridgehead atoms. The van der Waals surface area contributed by atoms with Crippen LogP contribution in [0.2, 0.25) is 0 Å². The van der Waals surface area contributed by atoms with Crippen LogP contribution in [0.25, 0.3) is 11.1 Å². The molecule has 0 amide bonds. The van der Waals surface area contributed by atoms with Crippen molar-refractivity contribution in [2.24, 2.45) is 5.92 Å². The smallest absolute Gasteiger partial charge is 0.306 e. The van der Waals surface area contributed by atoms with Gasteiger partial charge in [0, 0.05) is 30.9 Å². The number of nitrogens with one attached hydrogen (secondary N) is 1. The predicted molar refractivity (Wildman–Crippen MR) is 149 cm³/mol. The van der Waals surface area contributed by atoms with Crippen molar-refractivity contribution in [3.8, 4) is 16.9 Å². The lowest BCUT2D eigenvalue weighted by Crippen LogP contribution is -2.43. The number of aromatic amines is 1. The number of hydrogen-bond donors (Lipinski definition) is 2. The zero-order chi connectivity index (χ0) is 26.8. The third-order valence-corrected chi connectivity index (χ3v) is 8.36. The van der Waals surface area contributed by atoms with Crippen LogP contribution in [0.5, 0.6) is 5.75 Å². The molecule has 0 radical (unpaired) electrons. The largest absolute Gasteiger partial charge is 0.485 e. The Morgan fingerprint density at radius 2 is 1.87 bits per heavy atom. The highest BCUT2D eigenvalue weighted by atomic mass is 16.5. The number of aromatic nitrogens is 1. The number of H-pyrrole nitrogens is 1. The van der Waals surface area contributed by atoms with Crippen molar-refractivity contribution in [3.63, 3.8) is 0 Å². The van der Waals surface area contributed by atoms with Crippen LogP contribution < -0.4 is 10.3 Å². The summed E-state index contributed by atoms with van der Waals surface area (Å²) in [7, 11) is 0. The molecule has 0 spiro atoms. The normalized spacial score (nSPS) is 22.3. The molecule has 3 heterocycles. The molecular formula is C32H38N2O4. The summed E-state index contributed by atoms with van der Waals surface area (Å²) in [5.41, 5.74) is 6.43. The Bertz CT molecular complexity index is 1350. The van der Waals surface area contributed by atoms with E-state index in [4.69, 9.17) is 4.74 Å². The van der Waals surface area contributed by atoms with Crippen LogP contribution in [0.15, 0.2) is 59.5 Å². The molecule has 1 unspecified atom stereocenters. The maximum atomic E-state index is 12.1. The molecule has 1 aromatic heterocycles. The number of pyridine rings is 1. The maximum Gasteiger partial charge on any atom is 0.306 e. The number of carbonyl (C=O) groups is 1. The molecule has 1 fully saturated rings. The van der Waals surface area contributed by atoms with Crippen molar-refractivity contribution >= 4 is 5.97 Å². The van der Waals surface area contributed by atoms with Crippen molar-refractivity contribution < 1.29 is 14.6 Å².